The molecule has 0 saturated carbocycles. The average Bonchev–Trinajstić information content (AvgIpc) is 2.42. The Morgan fingerprint density at radius 2 is 1.81 bits per heavy atom. The van der Waals surface area contributed by atoms with E-state index in [1.807, 2.05) is 4.72 Å². The highest BCUT2D eigenvalue weighted by molar-refractivity contribution is 7.92. The minimum atomic E-state index is -4.19. The molecule has 21 heavy (non-hydrogen) atoms. The van der Waals surface area contributed by atoms with Gasteiger partial charge in [0.05, 0.1) is 16.1 Å². The summed E-state index contributed by atoms with van der Waals surface area (Å²) in [6, 6.07) is 7.03. The Bertz CT molecular complexity index is 845. The summed E-state index contributed by atoms with van der Waals surface area (Å²) in [7, 11) is -4.19. The molecular weight excluding hydrogens is 302 g/mol. The number of phenolic OH excluding ortho intramolecular Hbond substituents is 1. The van der Waals surface area contributed by atoms with Crippen LogP contribution in [0.1, 0.15) is 5.56 Å². The maximum atomic E-state index is 13.5. The zero-order valence-corrected chi connectivity index (χ0v) is 11.2. The molecule has 0 bridgehead atoms. The molecule has 8 heteroatoms. The minimum absolute atomic E-state index is 0.357. The maximum absolute atomic E-state index is 13.5. The summed E-state index contributed by atoms with van der Waals surface area (Å²) >= 11 is 0. The average molecular weight is 310 g/mol. The topological polar surface area (TPSA) is 90.2 Å². The summed E-state index contributed by atoms with van der Waals surface area (Å²) in [5.74, 6) is -2.18. The zero-order chi connectivity index (χ0) is 15.6. The molecule has 5 nitrogen and oxygen atoms in total. The highest BCUT2D eigenvalue weighted by Crippen LogP contribution is 2.23. The number of sulfonamides is 1. The van der Waals surface area contributed by atoms with Gasteiger partial charge in [-0.2, -0.15) is 5.26 Å². The fraction of sp³-hybridized carbons (Fsp3) is 0. The molecule has 0 unspecified atom stereocenters. The van der Waals surface area contributed by atoms with Gasteiger partial charge in [0.2, 0.25) is 0 Å². The van der Waals surface area contributed by atoms with E-state index in [0.717, 1.165) is 36.4 Å². The molecule has 0 aliphatic carbocycles. The van der Waals surface area contributed by atoms with Gasteiger partial charge in [-0.3, -0.25) is 4.72 Å². The summed E-state index contributed by atoms with van der Waals surface area (Å²) < 4.78 is 52.7. The molecule has 0 aliphatic heterocycles. The lowest BCUT2D eigenvalue weighted by molar-refractivity contribution is 0.469. The van der Waals surface area contributed by atoms with Crippen LogP contribution in [0.5, 0.6) is 5.75 Å². The number of nitrogens with one attached hydrogen (secondary N) is 1. The molecule has 0 aromatic heterocycles. The first-order valence-corrected chi connectivity index (χ1v) is 7.03. The number of nitriles is 1. The van der Waals surface area contributed by atoms with Crippen molar-refractivity contribution >= 4 is 15.7 Å². The van der Waals surface area contributed by atoms with Crippen molar-refractivity contribution in [2.45, 2.75) is 4.90 Å². The van der Waals surface area contributed by atoms with Gasteiger partial charge in [-0.25, -0.2) is 17.2 Å². The van der Waals surface area contributed by atoms with Crippen LogP contribution in [-0.4, -0.2) is 13.5 Å². The van der Waals surface area contributed by atoms with E-state index in [0.29, 0.717) is 0 Å². The maximum Gasteiger partial charge on any atom is 0.262 e. The van der Waals surface area contributed by atoms with Crippen molar-refractivity contribution in [2.75, 3.05) is 4.72 Å². The summed E-state index contributed by atoms with van der Waals surface area (Å²) in [6.45, 7) is 0. The SMILES string of the molecule is N#Cc1cc(S(=O)(=O)Nc2ccc(O)cc2F)ccc1F. The number of phenols is 1. The molecule has 0 saturated heterocycles. The van der Waals surface area contributed by atoms with Crippen LogP contribution in [0.25, 0.3) is 0 Å². The fourth-order valence-electron chi connectivity index (χ4n) is 1.55. The van der Waals surface area contributed by atoms with Crippen molar-refractivity contribution in [3.63, 3.8) is 0 Å². The van der Waals surface area contributed by atoms with Gasteiger partial charge in [-0.05, 0) is 30.3 Å². The molecule has 108 valence electrons. The highest BCUT2D eigenvalue weighted by Gasteiger charge is 2.18. The molecule has 0 aliphatic rings. The number of anilines is 1. The second kappa shape index (κ2) is 5.38. The van der Waals surface area contributed by atoms with E-state index < -0.39 is 27.2 Å². The van der Waals surface area contributed by atoms with Gasteiger partial charge in [-0.15, -0.1) is 0 Å². The molecule has 2 rings (SSSR count). The Kier molecular flexibility index (Phi) is 3.78. The molecule has 0 heterocycles. The van der Waals surface area contributed by atoms with Gasteiger partial charge in [-0.1, -0.05) is 0 Å². The van der Waals surface area contributed by atoms with Gasteiger partial charge < -0.3 is 5.11 Å². The summed E-state index contributed by atoms with van der Waals surface area (Å²) in [4.78, 5) is -0.382. The molecule has 2 aromatic rings. The van der Waals surface area contributed by atoms with Crippen LogP contribution in [0.2, 0.25) is 0 Å². The van der Waals surface area contributed by atoms with Crippen LogP contribution < -0.4 is 4.72 Å². The quantitative estimate of drug-likeness (QED) is 0.851. The van der Waals surface area contributed by atoms with E-state index in [4.69, 9.17) is 10.4 Å². The smallest absolute Gasteiger partial charge is 0.262 e. The second-order valence-corrected chi connectivity index (χ2v) is 5.71. The molecule has 0 atom stereocenters. The van der Waals surface area contributed by atoms with Crippen molar-refractivity contribution in [1.29, 1.82) is 5.26 Å². The largest absolute Gasteiger partial charge is 0.508 e. The number of aromatic hydroxyl groups is 1. The summed E-state index contributed by atoms with van der Waals surface area (Å²) in [5.41, 5.74) is -0.820. The summed E-state index contributed by atoms with van der Waals surface area (Å²) in [5, 5.41) is 17.7. The lowest BCUT2D eigenvalue weighted by atomic mass is 10.2. The number of rotatable bonds is 3. The van der Waals surface area contributed by atoms with Crippen molar-refractivity contribution in [2.24, 2.45) is 0 Å². The van der Waals surface area contributed by atoms with Gasteiger partial charge in [0.1, 0.15) is 17.6 Å². The first-order valence-electron chi connectivity index (χ1n) is 5.54. The Morgan fingerprint density at radius 1 is 1.10 bits per heavy atom. The van der Waals surface area contributed by atoms with Crippen molar-refractivity contribution in [3.8, 4) is 11.8 Å². The standard InChI is InChI=1S/C13H8F2N2O3S/c14-11-3-2-10(5-8(11)7-16)21(19,20)17-13-4-1-9(18)6-12(13)15/h1-6,17-18H. The Morgan fingerprint density at radius 3 is 2.43 bits per heavy atom. The van der Waals surface area contributed by atoms with Crippen LogP contribution in [0.15, 0.2) is 41.3 Å². The van der Waals surface area contributed by atoms with Gasteiger partial charge in [0.25, 0.3) is 10.0 Å². The van der Waals surface area contributed by atoms with E-state index >= 15 is 0 Å². The van der Waals surface area contributed by atoms with Crippen LogP contribution in [0.3, 0.4) is 0 Å². The van der Waals surface area contributed by atoms with Crippen molar-refractivity contribution in [1.82, 2.24) is 0 Å². The van der Waals surface area contributed by atoms with Crippen LogP contribution >= 0.6 is 0 Å². The van der Waals surface area contributed by atoms with E-state index in [1.54, 1.807) is 0 Å². The Balaban J connectivity index is 2.41. The van der Waals surface area contributed by atoms with Gasteiger partial charge >= 0.3 is 0 Å². The second-order valence-electron chi connectivity index (χ2n) is 4.02. The van der Waals surface area contributed by atoms with Gasteiger partial charge in [0.15, 0.2) is 5.82 Å². The lowest BCUT2D eigenvalue weighted by Crippen LogP contribution is -2.14. The van der Waals surface area contributed by atoms with Crippen LogP contribution in [0, 0.1) is 23.0 Å². The number of hydrogen-bond acceptors (Lipinski definition) is 4. The third kappa shape index (κ3) is 3.09. The predicted octanol–water partition coefficient (Wildman–Crippen LogP) is 2.34. The van der Waals surface area contributed by atoms with Crippen LogP contribution in [-0.2, 0) is 10.0 Å². The molecule has 0 amide bonds. The fourth-order valence-corrected chi connectivity index (χ4v) is 2.64. The normalized spacial score (nSPS) is 10.9. The number of benzene rings is 2. The third-order valence-corrected chi connectivity index (χ3v) is 3.93. The molecule has 0 radical (unpaired) electrons. The number of nitrogens with zero attached hydrogens (tertiary/aromatic N) is 1. The summed E-state index contributed by atoms with van der Waals surface area (Å²) in [6.07, 6.45) is 0. The molecule has 2 aromatic carbocycles. The molecule has 0 spiro atoms. The number of hydrogen-bond donors (Lipinski definition) is 2. The third-order valence-electron chi connectivity index (χ3n) is 2.57. The monoisotopic (exact) mass is 310 g/mol. The molecule has 0 fully saturated rings. The van der Waals surface area contributed by atoms with Crippen molar-refractivity contribution < 1.29 is 22.3 Å². The highest BCUT2D eigenvalue weighted by atomic mass is 32.2. The minimum Gasteiger partial charge on any atom is -0.508 e. The molecule has 2 N–H and O–H groups in total. The lowest BCUT2D eigenvalue weighted by Gasteiger charge is -2.09. The van der Waals surface area contributed by atoms with Crippen LogP contribution in [0.4, 0.5) is 14.5 Å². The Hall–Kier alpha value is -2.66. The van der Waals surface area contributed by atoms with E-state index in [2.05, 4.69) is 0 Å². The zero-order valence-electron chi connectivity index (χ0n) is 10.3. The first-order chi connectivity index (χ1) is 9.83. The molecular formula is C13H8F2N2O3S. The predicted molar refractivity (Wildman–Crippen MR) is 70.0 cm³/mol. The van der Waals surface area contributed by atoms with E-state index in [9.17, 15) is 17.2 Å². The van der Waals surface area contributed by atoms with E-state index in [-0.39, 0.29) is 16.3 Å². The Labute approximate surface area is 119 Å². The number of halogens is 2. The van der Waals surface area contributed by atoms with Gasteiger partial charge in [0, 0.05) is 6.07 Å². The van der Waals surface area contributed by atoms with Crippen molar-refractivity contribution in [3.05, 3.63) is 53.6 Å². The van der Waals surface area contributed by atoms with E-state index in [1.165, 1.54) is 6.07 Å². The first kappa shape index (κ1) is 14.7.